The highest BCUT2D eigenvalue weighted by Gasteiger charge is 1.95. The van der Waals surface area contributed by atoms with Crippen molar-refractivity contribution in [1.29, 1.82) is 0 Å². The average molecular weight is 206 g/mol. The van der Waals surface area contributed by atoms with Gasteiger partial charge in [-0.15, -0.1) is 0 Å². The summed E-state index contributed by atoms with van der Waals surface area (Å²) < 4.78 is 9.40. The van der Waals surface area contributed by atoms with Crippen LogP contribution in [0.2, 0.25) is 0 Å². The van der Waals surface area contributed by atoms with Crippen molar-refractivity contribution < 1.29 is 14.3 Å². The smallest absolute Gasteiger partial charge is 0.384 e. The summed E-state index contributed by atoms with van der Waals surface area (Å²) in [5, 5.41) is 0. The lowest BCUT2D eigenvalue weighted by atomic mass is 10.3. The molecule has 0 spiro atoms. The lowest BCUT2D eigenvalue weighted by Gasteiger charge is -1.94. The topological polar surface area (TPSA) is 61.3 Å². The van der Waals surface area contributed by atoms with Gasteiger partial charge in [-0.1, -0.05) is 5.92 Å². The average Bonchev–Trinajstić information content (AvgIpc) is 2.27. The molecule has 1 aromatic rings. The second kappa shape index (κ2) is 5.60. The highest BCUT2D eigenvalue weighted by molar-refractivity contribution is 5.89. The van der Waals surface area contributed by atoms with Gasteiger partial charge in [0.2, 0.25) is 0 Å². The molecule has 78 valence electrons. The second-order valence-corrected chi connectivity index (χ2v) is 2.43. The van der Waals surface area contributed by atoms with Gasteiger partial charge < -0.3 is 9.47 Å². The first-order valence-electron chi connectivity index (χ1n) is 4.31. The minimum atomic E-state index is -0.562. The molecule has 0 atom stereocenters. The van der Waals surface area contributed by atoms with Crippen LogP contribution in [0, 0.1) is 11.8 Å². The maximum Gasteiger partial charge on any atom is 0.384 e. The maximum absolute atomic E-state index is 10.9. The molecule has 15 heavy (non-hydrogen) atoms. The lowest BCUT2D eigenvalue weighted by Crippen LogP contribution is -1.99. The molecule has 0 aliphatic carbocycles. The normalized spacial score (nSPS) is 8.67. The predicted octanol–water partition coefficient (Wildman–Crippen LogP) is 0.400. The number of methoxy groups -OCH3 is 1. The standard InChI is InChI=1S/C10H10N2O3/c1-3-15-9(13)5-4-8-6-11-10(14-2)12-7-8/h6-7H,3H2,1-2H3. The number of esters is 1. The largest absolute Gasteiger partial charge is 0.467 e. The van der Waals surface area contributed by atoms with Gasteiger partial charge in [-0.05, 0) is 6.92 Å². The summed E-state index contributed by atoms with van der Waals surface area (Å²) >= 11 is 0. The summed E-state index contributed by atoms with van der Waals surface area (Å²) in [7, 11) is 1.47. The Morgan fingerprint density at radius 3 is 2.67 bits per heavy atom. The Kier molecular flexibility index (Phi) is 4.10. The number of hydrogen-bond donors (Lipinski definition) is 0. The van der Waals surface area contributed by atoms with Crippen molar-refractivity contribution in [3.05, 3.63) is 18.0 Å². The zero-order valence-corrected chi connectivity index (χ0v) is 8.48. The van der Waals surface area contributed by atoms with Crippen LogP contribution in [0.5, 0.6) is 6.01 Å². The van der Waals surface area contributed by atoms with Gasteiger partial charge in [0.1, 0.15) is 0 Å². The van der Waals surface area contributed by atoms with Gasteiger partial charge in [-0.25, -0.2) is 14.8 Å². The van der Waals surface area contributed by atoms with Crippen LogP contribution in [0.25, 0.3) is 0 Å². The molecule has 0 unspecified atom stereocenters. The van der Waals surface area contributed by atoms with E-state index in [9.17, 15) is 4.79 Å². The van der Waals surface area contributed by atoms with E-state index in [0.717, 1.165) is 0 Å². The minimum absolute atomic E-state index is 0.261. The first-order valence-corrected chi connectivity index (χ1v) is 4.31. The molecule has 0 N–H and O–H groups in total. The van der Waals surface area contributed by atoms with Crippen LogP contribution in [0.1, 0.15) is 12.5 Å². The van der Waals surface area contributed by atoms with E-state index in [0.29, 0.717) is 12.2 Å². The summed E-state index contributed by atoms with van der Waals surface area (Å²) in [6.45, 7) is 2.03. The molecule has 0 saturated heterocycles. The van der Waals surface area contributed by atoms with Crippen molar-refractivity contribution in [3.63, 3.8) is 0 Å². The van der Waals surface area contributed by atoms with Crippen molar-refractivity contribution in [2.24, 2.45) is 0 Å². The first kappa shape index (κ1) is 11.0. The minimum Gasteiger partial charge on any atom is -0.467 e. The zero-order valence-electron chi connectivity index (χ0n) is 8.48. The Labute approximate surface area is 87.4 Å². The molecule has 0 aliphatic rings. The molecule has 0 aliphatic heterocycles. The molecule has 0 radical (unpaired) electrons. The van der Waals surface area contributed by atoms with E-state index in [1.807, 2.05) is 0 Å². The van der Waals surface area contributed by atoms with Gasteiger partial charge in [0.25, 0.3) is 0 Å². The van der Waals surface area contributed by atoms with E-state index in [4.69, 9.17) is 4.74 Å². The maximum atomic E-state index is 10.9. The Balaban J connectivity index is 2.68. The predicted molar refractivity (Wildman–Crippen MR) is 52.1 cm³/mol. The van der Waals surface area contributed by atoms with Crippen LogP contribution in [0.15, 0.2) is 12.4 Å². The Hall–Kier alpha value is -2.09. The Bertz CT molecular complexity index is 389. The molecule has 0 saturated carbocycles. The third kappa shape index (κ3) is 3.65. The summed E-state index contributed by atoms with van der Waals surface area (Å²) in [6.07, 6.45) is 2.94. The van der Waals surface area contributed by atoms with Crippen molar-refractivity contribution in [1.82, 2.24) is 9.97 Å². The van der Waals surface area contributed by atoms with Crippen molar-refractivity contribution >= 4 is 5.97 Å². The van der Waals surface area contributed by atoms with Crippen molar-refractivity contribution in [2.45, 2.75) is 6.92 Å². The molecular weight excluding hydrogens is 196 g/mol. The first-order chi connectivity index (χ1) is 7.26. The molecular formula is C10H10N2O3. The van der Waals surface area contributed by atoms with Crippen LogP contribution >= 0.6 is 0 Å². The molecule has 0 bridgehead atoms. The van der Waals surface area contributed by atoms with Gasteiger partial charge in [-0.3, -0.25) is 0 Å². The van der Waals surface area contributed by atoms with Gasteiger partial charge >= 0.3 is 12.0 Å². The Morgan fingerprint density at radius 1 is 1.47 bits per heavy atom. The summed E-state index contributed by atoms with van der Waals surface area (Å²) in [5.74, 6) is 4.32. The number of aromatic nitrogens is 2. The van der Waals surface area contributed by atoms with E-state index in [2.05, 4.69) is 26.5 Å². The number of carbonyl (C=O) groups is 1. The molecule has 1 heterocycles. The van der Waals surface area contributed by atoms with Crippen molar-refractivity contribution in [2.75, 3.05) is 13.7 Å². The fourth-order valence-corrected chi connectivity index (χ4v) is 0.777. The fourth-order valence-electron chi connectivity index (χ4n) is 0.777. The Morgan fingerprint density at radius 2 is 2.13 bits per heavy atom. The van der Waals surface area contributed by atoms with Gasteiger partial charge in [0.15, 0.2) is 0 Å². The molecule has 5 heteroatoms. The van der Waals surface area contributed by atoms with Crippen LogP contribution < -0.4 is 4.74 Å². The van der Waals surface area contributed by atoms with Gasteiger partial charge in [-0.2, -0.15) is 0 Å². The van der Waals surface area contributed by atoms with Gasteiger partial charge in [0, 0.05) is 18.3 Å². The molecule has 1 aromatic heterocycles. The lowest BCUT2D eigenvalue weighted by molar-refractivity contribution is -0.136. The monoisotopic (exact) mass is 206 g/mol. The molecule has 0 amide bonds. The molecule has 1 rings (SSSR count). The third-order valence-electron chi connectivity index (χ3n) is 1.40. The number of nitrogens with zero attached hydrogens (tertiary/aromatic N) is 2. The zero-order chi connectivity index (χ0) is 11.1. The number of rotatable bonds is 2. The summed E-state index contributed by atoms with van der Waals surface area (Å²) in [5.41, 5.74) is 0.531. The SMILES string of the molecule is CCOC(=O)C#Cc1cnc(OC)nc1. The van der Waals surface area contributed by atoms with Gasteiger partial charge in [0.05, 0.1) is 19.3 Å². The third-order valence-corrected chi connectivity index (χ3v) is 1.40. The highest BCUT2D eigenvalue weighted by atomic mass is 16.5. The summed E-state index contributed by atoms with van der Waals surface area (Å²) in [6, 6.07) is 0.261. The number of ether oxygens (including phenoxy) is 2. The van der Waals surface area contributed by atoms with Crippen LogP contribution in [-0.4, -0.2) is 29.7 Å². The second-order valence-electron chi connectivity index (χ2n) is 2.43. The molecule has 5 nitrogen and oxygen atoms in total. The highest BCUT2D eigenvalue weighted by Crippen LogP contribution is 1.99. The molecule has 0 aromatic carbocycles. The van der Waals surface area contributed by atoms with Crippen LogP contribution in [-0.2, 0) is 9.53 Å². The van der Waals surface area contributed by atoms with E-state index in [1.165, 1.54) is 19.5 Å². The summed E-state index contributed by atoms with van der Waals surface area (Å²) in [4.78, 5) is 18.5. The van der Waals surface area contributed by atoms with Crippen LogP contribution in [0.3, 0.4) is 0 Å². The van der Waals surface area contributed by atoms with Crippen molar-refractivity contribution in [3.8, 4) is 17.9 Å². The fraction of sp³-hybridized carbons (Fsp3) is 0.300. The van der Waals surface area contributed by atoms with E-state index in [-0.39, 0.29) is 6.01 Å². The van der Waals surface area contributed by atoms with E-state index < -0.39 is 5.97 Å². The number of carbonyl (C=O) groups excluding carboxylic acids is 1. The van der Waals surface area contributed by atoms with E-state index >= 15 is 0 Å². The number of hydrogen-bond acceptors (Lipinski definition) is 5. The van der Waals surface area contributed by atoms with Crippen LogP contribution in [0.4, 0.5) is 0 Å². The quantitative estimate of drug-likeness (QED) is 0.517. The molecule has 0 fully saturated rings. The van der Waals surface area contributed by atoms with E-state index in [1.54, 1.807) is 6.92 Å².